The first-order valence-corrected chi connectivity index (χ1v) is 20.5. The maximum Gasteiger partial charge on any atom is 0.0562 e. The van der Waals surface area contributed by atoms with Crippen LogP contribution >= 0.6 is 0 Å². The Hall–Kier alpha value is -7.42. The van der Waals surface area contributed by atoms with E-state index in [0.29, 0.717) is 0 Å². The van der Waals surface area contributed by atoms with Gasteiger partial charge in [-0.3, -0.25) is 0 Å². The summed E-state index contributed by atoms with van der Waals surface area (Å²) >= 11 is 0. The normalized spacial score (nSPS) is 12.7. The highest BCUT2D eigenvalue weighted by Crippen LogP contribution is 2.52. The second-order valence-electron chi connectivity index (χ2n) is 16.2. The van der Waals surface area contributed by atoms with Gasteiger partial charge in [0.05, 0.1) is 11.0 Å². The van der Waals surface area contributed by atoms with Gasteiger partial charge >= 0.3 is 0 Å². The lowest BCUT2D eigenvalue weighted by Crippen LogP contribution is -2.16. The molecule has 2 heteroatoms. The van der Waals surface area contributed by atoms with Gasteiger partial charge in [0.15, 0.2) is 0 Å². The number of para-hydroxylation sites is 1. The van der Waals surface area contributed by atoms with Gasteiger partial charge in [0.1, 0.15) is 0 Å². The topological polar surface area (TPSA) is 8.17 Å². The number of rotatable bonds is 7. The van der Waals surface area contributed by atoms with Gasteiger partial charge < -0.3 is 9.47 Å². The van der Waals surface area contributed by atoms with Crippen molar-refractivity contribution in [2.75, 3.05) is 4.90 Å². The molecule has 59 heavy (non-hydrogen) atoms. The zero-order chi connectivity index (χ0) is 39.5. The van der Waals surface area contributed by atoms with Crippen LogP contribution in [0.5, 0.6) is 0 Å². The van der Waals surface area contributed by atoms with Crippen LogP contribution in [0.2, 0.25) is 0 Å². The Labute approximate surface area is 345 Å². The van der Waals surface area contributed by atoms with E-state index >= 15 is 0 Å². The second-order valence-corrected chi connectivity index (χ2v) is 16.2. The van der Waals surface area contributed by atoms with E-state index in [1.54, 1.807) is 0 Å². The van der Waals surface area contributed by atoms with E-state index in [9.17, 15) is 0 Å². The van der Waals surface area contributed by atoms with E-state index < -0.39 is 0 Å². The number of aromatic nitrogens is 1. The lowest BCUT2D eigenvalue weighted by molar-refractivity contribution is 0.660. The molecule has 0 aliphatic heterocycles. The Morgan fingerprint density at radius 3 is 1.58 bits per heavy atom. The van der Waals surface area contributed by atoms with Crippen LogP contribution in [0.15, 0.2) is 218 Å². The maximum absolute atomic E-state index is 2.45. The fraction of sp³-hybridized carbons (Fsp3) is 0.0526. The number of benzene rings is 9. The SMILES string of the molecule is CC1(C)c2cc(-c3ccccc3)ccc2-c2ccc(N(c3cccc(-c4ccccc4)c3)c3ccc4c5c(-c6ccccc6)cccc5n(-c5ccccc5)c4c3)cc21. The zero-order valence-electron chi connectivity index (χ0n) is 33.2. The molecule has 0 radical (unpaired) electrons. The molecule has 0 amide bonds. The van der Waals surface area contributed by atoms with Gasteiger partial charge in [-0.15, -0.1) is 0 Å². The van der Waals surface area contributed by atoms with Crippen molar-refractivity contribution in [3.8, 4) is 50.2 Å². The molecule has 9 aromatic carbocycles. The lowest BCUT2D eigenvalue weighted by atomic mass is 9.81. The molecule has 0 fully saturated rings. The Balaban J connectivity index is 1.13. The van der Waals surface area contributed by atoms with E-state index in [2.05, 4.69) is 242 Å². The predicted octanol–water partition coefficient (Wildman–Crippen LogP) is 15.6. The number of nitrogens with zero attached hydrogens (tertiary/aromatic N) is 2. The molecule has 0 unspecified atom stereocenters. The highest BCUT2D eigenvalue weighted by Gasteiger charge is 2.36. The first-order chi connectivity index (χ1) is 29.0. The van der Waals surface area contributed by atoms with E-state index in [-0.39, 0.29) is 5.41 Å². The fourth-order valence-electron chi connectivity index (χ4n) is 9.49. The maximum atomic E-state index is 2.45. The summed E-state index contributed by atoms with van der Waals surface area (Å²) in [6, 6.07) is 79.8. The van der Waals surface area contributed by atoms with Gasteiger partial charge in [-0.05, 0) is 116 Å². The van der Waals surface area contributed by atoms with Crippen molar-refractivity contribution in [1.82, 2.24) is 4.57 Å². The molecular formula is C57H42N2. The molecule has 1 aliphatic carbocycles. The molecule has 1 aromatic heterocycles. The molecule has 280 valence electrons. The van der Waals surface area contributed by atoms with Crippen LogP contribution in [-0.2, 0) is 5.41 Å². The molecule has 0 bridgehead atoms. The van der Waals surface area contributed by atoms with Crippen LogP contribution in [-0.4, -0.2) is 4.57 Å². The van der Waals surface area contributed by atoms with E-state index in [4.69, 9.17) is 0 Å². The smallest absolute Gasteiger partial charge is 0.0562 e. The van der Waals surface area contributed by atoms with Gasteiger partial charge in [-0.2, -0.15) is 0 Å². The lowest BCUT2D eigenvalue weighted by Gasteiger charge is -2.29. The molecule has 0 N–H and O–H groups in total. The van der Waals surface area contributed by atoms with Crippen LogP contribution in [0.3, 0.4) is 0 Å². The molecule has 1 aliphatic rings. The minimum absolute atomic E-state index is 0.194. The highest BCUT2D eigenvalue weighted by molar-refractivity contribution is 6.16. The van der Waals surface area contributed by atoms with Gasteiger partial charge in [0, 0.05) is 38.9 Å². The van der Waals surface area contributed by atoms with Crippen molar-refractivity contribution < 1.29 is 0 Å². The van der Waals surface area contributed by atoms with Crippen LogP contribution in [0.4, 0.5) is 17.1 Å². The van der Waals surface area contributed by atoms with Gasteiger partial charge in [-0.25, -0.2) is 0 Å². The largest absolute Gasteiger partial charge is 0.310 e. The molecule has 0 saturated carbocycles. The third kappa shape index (κ3) is 5.79. The molecule has 2 nitrogen and oxygen atoms in total. The van der Waals surface area contributed by atoms with Gasteiger partial charge in [0.25, 0.3) is 0 Å². The predicted molar refractivity (Wildman–Crippen MR) is 249 cm³/mol. The Morgan fingerprint density at radius 2 is 0.881 bits per heavy atom. The molecule has 1 heterocycles. The minimum atomic E-state index is -0.194. The fourth-order valence-corrected chi connectivity index (χ4v) is 9.49. The summed E-state index contributed by atoms with van der Waals surface area (Å²) in [7, 11) is 0. The van der Waals surface area contributed by atoms with E-state index in [0.717, 1.165) is 22.7 Å². The molecule has 0 saturated heterocycles. The monoisotopic (exact) mass is 754 g/mol. The van der Waals surface area contributed by atoms with Gasteiger partial charge in [-0.1, -0.05) is 172 Å². The van der Waals surface area contributed by atoms with Crippen molar-refractivity contribution in [3.63, 3.8) is 0 Å². The summed E-state index contributed by atoms with van der Waals surface area (Å²) < 4.78 is 2.44. The first kappa shape index (κ1) is 34.8. The molecule has 11 rings (SSSR count). The van der Waals surface area contributed by atoms with Crippen LogP contribution in [0.1, 0.15) is 25.0 Å². The second kappa shape index (κ2) is 13.9. The number of hydrogen-bond acceptors (Lipinski definition) is 1. The number of anilines is 3. The summed E-state index contributed by atoms with van der Waals surface area (Å²) in [5.74, 6) is 0. The molecular weight excluding hydrogens is 713 g/mol. The van der Waals surface area contributed by atoms with E-state index in [1.165, 1.54) is 77.4 Å². The van der Waals surface area contributed by atoms with Gasteiger partial charge in [0.2, 0.25) is 0 Å². The average Bonchev–Trinajstić information content (AvgIpc) is 3.75. The molecule has 0 spiro atoms. The van der Waals surface area contributed by atoms with Crippen LogP contribution in [0.25, 0.3) is 72.0 Å². The minimum Gasteiger partial charge on any atom is -0.310 e. The van der Waals surface area contributed by atoms with Crippen molar-refractivity contribution in [2.45, 2.75) is 19.3 Å². The van der Waals surface area contributed by atoms with Crippen LogP contribution in [0, 0.1) is 0 Å². The third-order valence-electron chi connectivity index (χ3n) is 12.4. The summed E-state index contributed by atoms with van der Waals surface area (Å²) in [6.45, 7) is 4.76. The van der Waals surface area contributed by atoms with Crippen molar-refractivity contribution in [1.29, 1.82) is 0 Å². The third-order valence-corrected chi connectivity index (χ3v) is 12.4. The van der Waals surface area contributed by atoms with E-state index in [1.807, 2.05) is 0 Å². The summed E-state index contributed by atoms with van der Waals surface area (Å²) in [5, 5.41) is 2.48. The first-order valence-electron chi connectivity index (χ1n) is 20.5. The van der Waals surface area contributed by atoms with Crippen molar-refractivity contribution >= 4 is 38.9 Å². The standard InChI is InChI=1S/C57H42N2/c1-57(2)52-36-43(40-19-9-4-10-20-40)29-32-49(52)50-33-30-46(37-53(50)57)58(45-26-15-23-42(35-45)39-17-7-3-8-18-39)47-31-34-51-55(38-47)59(44-24-13-6-14-25-44)54-28-16-27-48(56(51)54)41-21-11-5-12-22-41/h3-38H,1-2H3. The summed E-state index contributed by atoms with van der Waals surface area (Å²) in [6.07, 6.45) is 0. The summed E-state index contributed by atoms with van der Waals surface area (Å²) in [5.41, 5.74) is 19.3. The Kier molecular flexibility index (Phi) is 8.20. The van der Waals surface area contributed by atoms with Crippen LogP contribution < -0.4 is 4.90 Å². The Morgan fingerprint density at radius 1 is 0.356 bits per heavy atom. The molecule has 0 atom stereocenters. The number of fused-ring (bicyclic) bond motifs is 6. The Bertz CT molecular complexity index is 3160. The average molecular weight is 755 g/mol. The highest BCUT2D eigenvalue weighted by atomic mass is 15.1. The van der Waals surface area contributed by atoms with Crippen molar-refractivity contribution in [2.24, 2.45) is 0 Å². The molecule has 10 aromatic rings. The van der Waals surface area contributed by atoms with Crippen molar-refractivity contribution in [3.05, 3.63) is 230 Å². The zero-order valence-corrected chi connectivity index (χ0v) is 33.2. The summed E-state index contributed by atoms with van der Waals surface area (Å²) in [4.78, 5) is 2.45. The number of hydrogen-bond donors (Lipinski definition) is 0. The quantitative estimate of drug-likeness (QED) is 0.157.